The highest BCUT2D eigenvalue weighted by Crippen LogP contribution is 2.38. The monoisotopic (exact) mass is 298 g/mol. The van der Waals surface area contributed by atoms with E-state index in [1.54, 1.807) is 24.3 Å². The van der Waals surface area contributed by atoms with Gasteiger partial charge in [0.25, 0.3) is 0 Å². The third-order valence-corrected chi connectivity index (χ3v) is 2.68. The van der Waals surface area contributed by atoms with Gasteiger partial charge in [0.2, 0.25) is 0 Å². The van der Waals surface area contributed by atoms with E-state index >= 15 is 0 Å². The quantitative estimate of drug-likeness (QED) is 0.773. The van der Waals surface area contributed by atoms with Crippen molar-refractivity contribution in [2.24, 2.45) is 0 Å². The van der Waals surface area contributed by atoms with Gasteiger partial charge in [-0.15, -0.1) is 0 Å². The van der Waals surface area contributed by atoms with Crippen LogP contribution in [0.15, 0.2) is 36.4 Å². The number of phenols is 2. The van der Waals surface area contributed by atoms with Crippen LogP contribution in [0.5, 0.6) is 11.5 Å². The zero-order valence-electron chi connectivity index (χ0n) is 10.1. The Hall–Kier alpha value is -1.71. The van der Waals surface area contributed by atoms with E-state index in [9.17, 15) is 10.2 Å². The molecule has 0 radical (unpaired) electrons. The van der Waals surface area contributed by atoms with Crippen molar-refractivity contribution in [2.75, 3.05) is 0 Å². The number of carbonyl (C=O) groups excluding carboxylic acids is 1. The minimum absolute atomic E-state index is 0.0435. The molecule has 0 fully saturated rings. The summed E-state index contributed by atoms with van der Waals surface area (Å²) < 4.78 is 0. The molecule has 0 amide bonds. The molecule has 2 aromatic rings. The van der Waals surface area contributed by atoms with E-state index in [1.807, 2.05) is 0 Å². The largest absolute Gasteiger partial charge is 0.507 e. The molecule has 2 aromatic carbocycles. The van der Waals surface area contributed by atoms with Crippen molar-refractivity contribution in [2.45, 2.75) is 6.92 Å². The zero-order chi connectivity index (χ0) is 14.4. The second-order valence-corrected chi connectivity index (χ2v) is 4.43. The molecule has 5 heteroatoms. The maximum absolute atomic E-state index is 9.69. The fourth-order valence-electron chi connectivity index (χ4n) is 1.45. The van der Waals surface area contributed by atoms with Crippen molar-refractivity contribution in [3.63, 3.8) is 0 Å². The van der Waals surface area contributed by atoms with Gasteiger partial charge in [-0.2, -0.15) is 0 Å². The lowest BCUT2D eigenvalue weighted by Gasteiger charge is -2.08. The van der Waals surface area contributed by atoms with E-state index in [0.29, 0.717) is 21.2 Å². The smallest absolute Gasteiger partial charge is 0.123 e. The first-order chi connectivity index (χ1) is 8.99. The fraction of sp³-hybridized carbons (Fsp3) is 0.0714. The van der Waals surface area contributed by atoms with Gasteiger partial charge in [-0.25, -0.2) is 0 Å². The van der Waals surface area contributed by atoms with E-state index in [2.05, 4.69) is 0 Å². The molecule has 0 saturated carbocycles. The molecule has 0 aliphatic carbocycles. The summed E-state index contributed by atoms with van der Waals surface area (Å²) >= 11 is 11.7. The van der Waals surface area contributed by atoms with Crippen LogP contribution in [0.3, 0.4) is 0 Å². The first-order valence-corrected chi connectivity index (χ1v) is 6.12. The van der Waals surface area contributed by atoms with E-state index in [1.165, 1.54) is 19.1 Å². The average molecular weight is 299 g/mol. The van der Waals surface area contributed by atoms with Crippen LogP contribution in [0.1, 0.15) is 6.92 Å². The summed E-state index contributed by atoms with van der Waals surface area (Å²) in [7, 11) is 0. The molecule has 0 heterocycles. The SMILES string of the molecule is CC=O.Oc1ccc(Cl)cc1-c1cc(Cl)ccc1O. The maximum Gasteiger partial charge on any atom is 0.123 e. The maximum atomic E-state index is 9.69. The molecule has 0 saturated heterocycles. The summed E-state index contributed by atoms with van der Waals surface area (Å²) in [6.07, 6.45) is 0.750. The summed E-state index contributed by atoms with van der Waals surface area (Å²) in [5.41, 5.74) is 0.903. The molecule has 0 aliphatic rings. The highest BCUT2D eigenvalue weighted by molar-refractivity contribution is 6.31. The number of phenolic OH excluding ortho intramolecular Hbond substituents is 2. The third kappa shape index (κ3) is 4.16. The number of aromatic hydroxyl groups is 2. The molecule has 0 aliphatic heterocycles. The number of rotatable bonds is 1. The van der Waals surface area contributed by atoms with Gasteiger partial charge in [0.05, 0.1) is 0 Å². The van der Waals surface area contributed by atoms with Crippen molar-refractivity contribution >= 4 is 29.5 Å². The lowest BCUT2D eigenvalue weighted by Crippen LogP contribution is -1.81. The first kappa shape index (κ1) is 15.3. The second-order valence-electron chi connectivity index (χ2n) is 3.56. The van der Waals surface area contributed by atoms with Crippen LogP contribution in [-0.2, 0) is 4.79 Å². The number of aldehydes is 1. The zero-order valence-corrected chi connectivity index (χ0v) is 11.6. The third-order valence-electron chi connectivity index (χ3n) is 2.21. The number of hydrogen-bond acceptors (Lipinski definition) is 3. The molecular weight excluding hydrogens is 287 g/mol. The van der Waals surface area contributed by atoms with Gasteiger partial charge >= 0.3 is 0 Å². The van der Waals surface area contributed by atoms with Gasteiger partial charge in [0.1, 0.15) is 17.8 Å². The fourth-order valence-corrected chi connectivity index (χ4v) is 1.79. The number of halogens is 2. The van der Waals surface area contributed by atoms with Crippen molar-refractivity contribution in [1.29, 1.82) is 0 Å². The van der Waals surface area contributed by atoms with Crippen LogP contribution in [0.4, 0.5) is 0 Å². The van der Waals surface area contributed by atoms with Crippen molar-refractivity contribution in [1.82, 2.24) is 0 Å². The molecule has 0 atom stereocenters. The molecule has 0 unspecified atom stereocenters. The summed E-state index contributed by atoms with van der Waals surface area (Å²) in [6.45, 7) is 1.44. The van der Waals surface area contributed by atoms with Gasteiger partial charge in [0.15, 0.2) is 0 Å². The summed E-state index contributed by atoms with van der Waals surface area (Å²) in [4.78, 5) is 8.81. The molecule has 0 aromatic heterocycles. The van der Waals surface area contributed by atoms with Crippen molar-refractivity contribution in [3.8, 4) is 22.6 Å². The minimum atomic E-state index is 0.0435. The normalized spacial score (nSPS) is 9.42. The van der Waals surface area contributed by atoms with Crippen LogP contribution in [0.25, 0.3) is 11.1 Å². The Morgan fingerprint density at radius 3 is 1.53 bits per heavy atom. The molecule has 3 nitrogen and oxygen atoms in total. The predicted octanol–water partition coefficient (Wildman–Crippen LogP) is 4.28. The average Bonchev–Trinajstić information content (AvgIpc) is 2.36. The standard InChI is InChI=1S/C12H8Cl2O2.C2H4O/c13-7-1-3-11(15)9(5-7)10-6-8(14)2-4-12(10)16;1-2-3/h1-6,15-16H;2H,1H3. The Morgan fingerprint density at radius 1 is 0.895 bits per heavy atom. The molecule has 2 rings (SSSR count). The predicted molar refractivity (Wildman–Crippen MR) is 77.0 cm³/mol. The van der Waals surface area contributed by atoms with Gasteiger partial charge in [-0.05, 0) is 43.3 Å². The molecular formula is C14H12Cl2O3. The van der Waals surface area contributed by atoms with Crippen LogP contribution < -0.4 is 0 Å². The lowest BCUT2D eigenvalue weighted by molar-refractivity contribution is -0.106. The van der Waals surface area contributed by atoms with E-state index in [-0.39, 0.29) is 11.5 Å². The summed E-state index contributed by atoms with van der Waals surface area (Å²) in [6, 6.07) is 9.23. The Balaban J connectivity index is 0.000000550. The molecule has 0 bridgehead atoms. The first-order valence-electron chi connectivity index (χ1n) is 5.36. The van der Waals surface area contributed by atoms with E-state index in [4.69, 9.17) is 28.0 Å². The number of benzene rings is 2. The van der Waals surface area contributed by atoms with Gasteiger partial charge < -0.3 is 15.0 Å². The topological polar surface area (TPSA) is 57.5 Å². The van der Waals surface area contributed by atoms with Crippen LogP contribution in [0, 0.1) is 0 Å². The Bertz CT molecular complexity index is 533. The summed E-state index contributed by atoms with van der Waals surface area (Å²) in [5.74, 6) is 0.0870. The Kier molecular flexibility index (Phi) is 5.67. The van der Waals surface area contributed by atoms with Crippen molar-refractivity contribution < 1.29 is 15.0 Å². The number of carbonyl (C=O) groups is 1. The minimum Gasteiger partial charge on any atom is -0.507 e. The molecule has 100 valence electrons. The van der Waals surface area contributed by atoms with Crippen molar-refractivity contribution in [3.05, 3.63) is 46.4 Å². The highest BCUT2D eigenvalue weighted by atomic mass is 35.5. The molecule has 2 N–H and O–H groups in total. The molecule has 19 heavy (non-hydrogen) atoms. The van der Waals surface area contributed by atoms with Crippen LogP contribution >= 0.6 is 23.2 Å². The Morgan fingerprint density at radius 2 is 1.21 bits per heavy atom. The molecule has 0 spiro atoms. The van der Waals surface area contributed by atoms with Crippen LogP contribution in [0.2, 0.25) is 10.0 Å². The van der Waals surface area contributed by atoms with Crippen LogP contribution in [-0.4, -0.2) is 16.5 Å². The van der Waals surface area contributed by atoms with Gasteiger partial charge in [-0.1, -0.05) is 23.2 Å². The van der Waals surface area contributed by atoms with E-state index in [0.717, 1.165) is 6.29 Å². The second kappa shape index (κ2) is 7.02. The van der Waals surface area contributed by atoms with Gasteiger partial charge in [-0.3, -0.25) is 0 Å². The van der Waals surface area contributed by atoms with E-state index < -0.39 is 0 Å². The summed E-state index contributed by atoms with van der Waals surface area (Å²) in [5, 5.41) is 20.3. The lowest BCUT2D eigenvalue weighted by atomic mass is 10.0. The number of hydrogen-bond donors (Lipinski definition) is 2. The Labute approximate surface area is 121 Å². The highest BCUT2D eigenvalue weighted by Gasteiger charge is 2.10. The van der Waals surface area contributed by atoms with Gasteiger partial charge in [0, 0.05) is 21.2 Å².